The van der Waals surface area contributed by atoms with Crippen LogP contribution in [0, 0.1) is 11.8 Å². The summed E-state index contributed by atoms with van der Waals surface area (Å²) in [7, 11) is 0. The standard InChI is InChI=1S/C14H27NO/c1-3-12-4-6-13(7-5-12)15-9-8-14(16)11(2)10-15/h11-14,16H,3-10H2,1-2H3. The molecule has 16 heavy (non-hydrogen) atoms. The predicted octanol–water partition coefficient (Wildman–Crippen LogP) is 2.66. The highest BCUT2D eigenvalue weighted by Gasteiger charge is 2.30. The molecule has 94 valence electrons. The summed E-state index contributed by atoms with van der Waals surface area (Å²) in [4.78, 5) is 2.64. The minimum atomic E-state index is -0.0526. The molecule has 1 saturated heterocycles. The molecule has 2 aliphatic rings. The number of aliphatic hydroxyl groups excluding tert-OH is 1. The lowest BCUT2D eigenvalue weighted by Gasteiger charge is -2.42. The second-order valence-corrected chi connectivity index (χ2v) is 5.91. The van der Waals surface area contributed by atoms with E-state index < -0.39 is 0 Å². The van der Waals surface area contributed by atoms with E-state index in [4.69, 9.17) is 0 Å². The molecule has 2 nitrogen and oxygen atoms in total. The van der Waals surface area contributed by atoms with Gasteiger partial charge in [-0.25, -0.2) is 0 Å². The topological polar surface area (TPSA) is 23.5 Å². The van der Waals surface area contributed by atoms with Crippen LogP contribution in [0.3, 0.4) is 0 Å². The van der Waals surface area contributed by atoms with Crippen molar-refractivity contribution >= 4 is 0 Å². The van der Waals surface area contributed by atoms with Gasteiger partial charge in [0.25, 0.3) is 0 Å². The van der Waals surface area contributed by atoms with Crippen LogP contribution in [0.5, 0.6) is 0 Å². The molecule has 2 unspecified atom stereocenters. The molecular weight excluding hydrogens is 198 g/mol. The van der Waals surface area contributed by atoms with Gasteiger partial charge in [0.05, 0.1) is 6.10 Å². The number of piperidine rings is 1. The Balaban J connectivity index is 1.81. The highest BCUT2D eigenvalue weighted by atomic mass is 16.3. The molecule has 0 aromatic carbocycles. The van der Waals surface area contributed by atoms with Crippen LogP contribution in [0.2, 0.25) is 0 Å². The van der Waals surface area contributed by atoms with Gasteiger partial charge < -0.3 is 5.11 Å². The second kappa shape index (κ2) is 5.50. The lowest BCUT2D eigenvalue weighted by Crippen LogP contribution is -2.48. The summed E-state index contributed by atoms with van der Waals surface area (Å²) < 4.78 is 0. The molecule has 2 rings (SSSR count). The minimum Gasteiger partial charge on any atom is -0.393 e. The first-order chi connectivity index (χ1) is 7.70. The van der Waals surface area contributed by atoms with Gasteiger partial charge >= 0.3 is 0 Å². The van der Waals surface area contributed by atoms with Gasteiger partial charge in [0.15, 0.2) is 0 Å². The van der Waals surface area contributed by atoms with E-state index in [2.05, 4.69) is 18.7 Å². The SMILES string of the molecule is CCC1CCC(N2CCC(O)C(C)C2)CC1. The van der Waals surface area contributed by atoms with Crippen molar-refractivity contribution in [1.29, 1.82) is 0 Å². The van der Waals surface area contributed by atoms with E-state index in [9.17, 15) is 5.11 Å². The van der Waals surface area contributed by atoms with Gasteiger partial charge in [-0.15, -0.1) is 0 Å². The maximum atomic E-state index is 9.75. The Morgan fingerprint density at radius 1 is 1.12 bits per heavy atom. The molecule has 1 heterocycles. The van der Waals surface area contributed by atoms with Gasteiger partial charge in [0.2, 0.25) is 0 Å². The molecule has 0 radical (unpaired) electrons. The Labute approximate surface area is 100 Å². The Kier molecular flexibility index (Phi) is 4.26. The number of likely N-dealkylation sites (tertiary alicyclic amines) is 1. The van der Waals surface area contributed by atoms with Crippen LogP contribution in [-0.2, 0) is 0 Å². The number of hydrogen-bond acceptors (Lipinski definition) is 2. The van der Waals surface area contributed by atoms with Crippen LogP contribution < -0.4 is 0 Å². The summed E-state index contributed by atoms with van der Waals surface area (Å²) in [5.74, 6) is 1.46. The van der Waals surface area contributed by atoms with E-state index in [-0.39, 0.29) is 6.10 Å². The first-order valence-corrected chi connectivity index (χ1v) is 7.12. The highest BCUT2D eigenvalue weighted by Crippen LogP contribution is 2.31. The van der Waals surface area contributed by atoms with Crippen LogP contribution in [0.4, 0.5) is 0 Å². The Hall–Kier alpha value is -0.0800. The predicted molar refractivity (Wildman–Crippen MR) is 67.4 cm³/mol. The van der Waals surface area contributed by atoms with Gasteiger partial charge in [-0.2, -0.15) is 0 Å². The van der Waals surface area contributed by atoms with E-state index in [1.807, 2.05) is 0 Å². The summed E-state index contributed by atoms with van der Waals surface area (Å²) in [6.45, 7) is 6.74. The van der Waals surface area contributed by atoms with Crippen molar-refractivity contribution in [3.8, 4) is 0 Å². The summed E-state index contributed by atoms with van der Waals surface area (Å²) in [5.41, 5.74) is 0. The maximum Gasteiger partial charge on any atom is 0.0590 e. The van der Waals surface area contributed by atoms with Gasteiger partial charge in [-0.05, 0) is 43.9 Å². The number of aliphatic hydroxyl groups is 1. The fourth-order valence-corrected chi connectivity index (χ4v) is 3.42. The zero-order valence-electron chi connectivity index (χ0n) is 10.9. The lowest BCUT2D eigenvalue weighted by molar-refractivity contribution is 0.00648. The Morgan fingerprint density at radius 3 is 2.38 bits per heavy atom. The molecule has 1 saturated carbocycles. The third kappa shape index (κ3) is 2.78. The molecule has 0 aromatic rings. The molecule has 2 atom stereocenters. The van der Waals surface area contributed by atoms with Crippen LogP contribution in [0.15, 0.2) is 0 Å². The number of nitrogens with zero attached hydrogens (tertiary/aromatic N) is 1. The Bertz CT molecular complexity index is 211. The maximum absolute atomic E-state index is 9.75. The van der Waals surface area contributed by atoms with Crippen LogP contribution in [-0.4, -0.2) is 35.2 Å². The van der Waals surface area contributed by atoms with E-state index in [1.165, 1.54) is 32.1 Å². The number of hydrogen-bond donors (Lipinski definition) is 1. The van der Waals surface area contributed by atoms with Crippen molar-refractivity contribution in [2.24, 2.45) is 11.8 Å². The molecule has 1 N–H and O–H groups in total. The van der Waals surface area contributed by atoms with Gasteiger partial charge in [0.1, 0.15) is 0 Å². The lowest BCUT2D eigenvalue weighted by atomic mass is 9.82. The quantitative estimate of drug-likeness (QED) is 0.781. The molecule has 0 bridgehead atoms. The molecule has 0 amide bonds. The Morgan fingerprint density at radius 2 is 1.81 bits per heavy atom. The van der Waals surface area contributed by atoms with Crippen LogP contribution >= 0.6 is 0 Å². The third-order valence-corrected chi connectivity index (χ3v) is 4.80. The summed E-state index contributed by atoms with van der Waals surface area (Å²) in [6.07, 6.45) is 7.92. The van der Waals surface area contributed by atoms with E-state index >= 15 is 0 Å². The summed E-state index contributed by atoms with van der Waals surface area (Å²) in [5, 5.41) is 9.75. The van der Waals surface area contributed by atoms with Crippen LogP contribution in [0.25, 0.3) is 0 Å². The monoisotopic (exact) mass is 225 g/mol. The molecule has 2 heteroatoms. The van der Waals surface area contributed by atoms with Crippen LogP contribution in [0.1, 0.15) is 52.4 Å². The van der Waals surface area contributed by atoms with E-state index in [1.54, 1.807) is 0 Å². The van der Waals surface area contributed by atoms with E-state index in [0.29, 0.717) is 5.92 Å². The minimum absolute atomic E-state index is 0.0526. The zero-order valence-corrected chi connectivity index (χ0v) is 10.9. The second-order valence-electron chi connectivity index (χ2n) is 5.91. The van der Waals surface area contributed by atoms with Crippen molar-refractivity contribution in [2.45, 2.75) is 64.5 Å². The highest BCUT2D eigenvalue weighted by molar-refractivity contribution is 4.85. The fourth-order valence-electron chi connectivity index (χ4n) is 3.42. The molecular formula is C14H27NO. The van der Waals surface area contributed by atoms with Gasteiger partial charge in [-0.3, -0.25) is 4.90 Å². The average molecular weight is 225 g/mol. The largest absolute Gasteiger partial charge is 0.393 e. The van der Waals surface area contributed by atoms with Crippen molar-refractivity contribution in [3.63, 3.8) is 0 Å². The average Bonchev–Trinajstić information content (AvgIpc) is 2.33. The fraction of sp³-hybridized carbons (Fsp3) is 1.00. The summed E-state index contributed by atoms with van der Waals surface area (Å²) in [6, 6.07) is 0.817. The van der Waals surface area contributed by atoms with Gasteiger partial charge in [0, 0.05) is 19.1 Å². The first-order valence-electron chi connectivity index (χ1n) is 7.12. The molecule has 0 spiro atoms. The molecule has 1 aliphatic carbocycles. The molecule has 1 aliphatic heterocycles. The molecule has 2 fully saturated rings. The first kappa shape index (κ1) is 12.4. The van der Waals surface area contributed by atoms with Crippen molar-refractivity contribution in [1.82, 2.24) is 4.90 Å². The molecule has 0 aromatic heterocycles. The smallest absolute Gasteiger partial charge is 0.0590 e. The summed E-state index contributed by atoms with van der Waals surface area (Å²) >= 11 is 0. The van der Waals surface area contributed by atoms with Gasteiger partial charge in [-0.1, -0.05) is 20.3 Å². The van der Waals surface area contributed by atoms with Crippen molar-refractivity contribution in [3.05, 3.63) is 0 Å². The van der Waals surface area contributed by atoms with Crippen molar-refractivity contribution < 1.29 is 5.11 Å². The normalized spacial score (nSPS) is 42.2. The van der Waals surface area contributed by atoms with E-state index in [0.717, 1.165) is 31.5 Å². The number of rotatable bonds is 2. The third-order valence-electron chi connectivity index (χ3n) is 4.80. The van der Waals surface area contributed by atoms with Crippen molar-refractivity contribution in [2.75, 3.05) is 13.1 Å². The zero-order chi connectivity index (χ0) is 11.5.